The van der Waals surface area contributed by atoms with Crippen LogP contribution in [-0.4, -0.2) is 28.7 Å². The number of hydrogen-bond donors (Lipinski definition) is 1. The third-order valence-corrected chi connectivity index (χ3v) is 1.31. The maximum atomic E-state index is 10.3. The van der Waals surface area contributed by atoms with Crippen LogP contribution < -0.4 is 0 Å². The van der Waals surface area contributed by atoms with E-state index in [0.717, 1.165) is 0 Å². The largest absolute Gasteiger partial charge is 0.458 e. The molecule has 1 N–H and O–H groups in total. The highest BCUT2D eigenvalue weighted by Gasteiger charge is 2.28. The Labute approximate surface area is 51.3 Å². The minimum absolute atomic E-state index is 0.00926. The van der Waals surface area contributed by atoms with E-state index in [9.17, 15) is 4.79 Å². The van der Waals surface area contributed by atoms with Crippen LogP contribution in [-0.2, 0) is 9.53 Å². The molecule has 1 atom stereocenters. The Morgan fingerprint density at radius 2 is 2.50 bits per heavy atom. The van der Waals surface area contributed by atoms with Crippen LogP contribution in [0.3, 0.4) is 0 Å². The van der Waals surface area contributed by atoms with Crippen LogP contribution in [0.5, 0.6) is 0 Å². The van der Waals surface area contributed by atoms with E-state index in [1.165, 1.54) is 0 Å². The molecular weight excluding hydrogens is 128 g/mol. The fraction of sp³-hybridized carbons (Fsp3) is 0.500. The molecule has 1 aliphatic rings. The second kappa shape index (κ2) is 1.80. The Balaban J connectivity index is 2.71. The van der Waals surface area contributed by atoms with Crippen molar-refractivity contribution in [3.8, 4) is 0 Å². The van der Waals surface area contributed by atoms with Crippen LogP contribution in [0, 0.1) is 0 Å². The topological polar surface area (TPSA) is 46.5 Å². The van der Waals surface area contributed by atoms with E-state index in [-0.39, 0.29) is 11.5 Å². The SMILES string of the molecule is O=C1OCC(O)C1=S. The van der Waals surface area contributed by atoms with Gasteiger partial charge in [-0.15, -0.1) is 0 Å². The maximum Gasteiger partial charge on any atom is 0.347 e. The zero-order chi connectivity index (χ0) is 6.15. The Morgan fingerprint density at radius 1 is 1.88 bits per heavy atom. The lowest BCUT2D eigenvalue weighted by Crippen LogP contribution is -2.16. The monoisotopic (exact) mass is 132 g/mol. The van der Waals surface area contributed by atoms with Crippen LogP contribution in [0.4, 0.5) is 0 Å². The van der Waals surface area contributed by atoms with Crippen molar-refractivity contribution >= 4 is 23.1 Å². The molecule has 44 valence electrons. The number of carbonyl (C=O) groups is 1. The van der Waals surface area contributed by atoms with Gasteiger partial charge in [0.25, 0.3) is 0 Å². The van der Waals surface area contributed by atoms with E-state index in [1.807, 2.05) is 0 Å². The fourth-order valence-electron chi connectivity index (χ4n) is 0.437. The second-order valence-electron chi connectivity index (χ2n) is 1.48. The van der Waals surface area contributed by atoms with E-state index in [2.05, 4.69) is 17.0 Å². The molecule has 4 heteroatoms. The average molecular weight is 132 g/mol. The van der Waals surface area contributed by atoms with Gasteiger partial charge in [0, 0.05) is 0 Å². The molecule has 0 aromatic rings. The highest BCUT2D eigenvalue weighted by atomic mass is 32.1. The Kier molecular flexibility index (Phi) is 1.27. The summed E-state index contributed by atoms with van der Waals surface area (Å²) in [5.41, 5.74) is 0. The first-order valence-corrected chi connectivity index (χ1v) is 2.51. The molecule has 0 amide bonds. The molecule has 3 nitrogen and oxygen atoms in total. The minimum Gasteiger partial charge on any atom is -0.458 e. The Bertz CT molecular complexity index is 142. The van der Waals surface area contributed by atoms with Gasteiger partial charge >= 0.3 is 5.97 Å². The number of aliphatic hydroxyl groups is 1. The van der Waals surface area contributed by atoms with Gasteiger partial charge in [-0.25, -0.2) is 4.79 Å². The smallest absolute Gasteiger partial charge is 0.347 e. The molecule has 1 fully saturated rings. The summed E-state index contributed by atoms with van der Waals surface area (Å²) in [4.78, 5) is 10.3. The molecule has 1 heterocycles. The molecule has 1 rings (SSSR count). The first kappa shape index (κ1) is 5.65. The van der Waals surface area contributed by atoms with Crippen LogP contribution in [0.15, 0.2) is 0 Å². The zero-order valence-electron chi connectivity index (χ0n) is 3.96. The van der Waals surface area contributed by atoms with Gasteiger partial charge in [0.1, 0.15) is 17.6 Å². The summed E-state index contributed by atoms with van der Waals surface area (Å²) in [7, 11) is 0. The summed E-state index contributed by atoms with van der Waals surface area (Å²) in [6.45, 7) is 0.0255. The Morgan fingerprint density at radius 3 is 2.62 bits per heavy atom. The van der Waals surface area contributed by atoms with Crippen molar-refractivity contribution < 1.29 is 14.6 Å². The lowest BCUT2D eigenvalue weighted by molar-refractivity contribution is -0.133. The first-order chi connectivity index (χ1) is 3.72. The number of hydrogen-bond acceptors (Lipinski definition) is 4. The molecule has 8 heavy (non-hydrogen) atoms. The van der Waals surface area contributed by atoms with Crippen molar-refractivity contribution in [1.29, 1.82) is 0 Å². The number of cyclic esters (lactones) is 1. The Hall–Kier alpha value is -0.480. The lowest BCUT2D eigenvalue weighted by atomic mass is 10.3. The summed E-state index contributed by atoms with van der Waals surface area (Å²) in [6, 6.07) is 0. The van der Waals surface area contributed by atoms with E-state index < -0.39 is 12.1 Å². The normalized spacial score (nSPS) is 28.4. The van der Waals surface area contributed by atoms with Crippen molar-refractivity contribution in [2.24, 2.45) is 0 Å². The van der Waals surface area contributed by atoms with Gasteiger partial charge in [-0.3, -0.25) is 0 Å². The zero-order valence-corrected chi connectivity index (χ0v) is 4.77. The highest BCUT2D eigenvalue weighted by molar-refractivity contribution is 7.82. The van der Waals surface area contributed by atoms with E-state index >= 15 is 0 Å². The number of esters is 1. The number of carbonyl (C=O) groups excluding carboxylic acids is 1. The molecule has 1 unspecified atom stereocenters. The fourth-order valence-corrected chi connectivity index (χ4v) is 0.564. The van der Waals surface area contributed by atoms with Crippen molar-refractivity contribution in [2.75, 3.05) is 6.61 Å². The lowest BCUT2D eigenvalue weighted by Gasteiger charge is -1.88. The summed E-state index contributed by atoms with van der Waals surface area (Å²) in [5.74, 6) is -0.562. The summed E-state index contributed by atoms with van der Waals surface area (Å²) < 4.78 is 4.35. The average Bonchev–Trinajstić information content (AvgIpc) is 1.98. The van der Waals surface area contributed by atoms with Gasteiger partial charge in [-0.05, 0) is 0 Å². The van der Waals surface area contributed by atoms with E-state index in [0.29, 0.717) is 0 Å². The summed E-state index contributed by atoms with van der Waals surface area (Å²) in [5, 5.41) is 8.68. The van der Waals surface area contributed by atoms with Gasteiger partial charge in [-0.1, -0.05) is 12.2 Å². The van der Waals surface area contributed by atoms with Gasteiger partial charge in [0.15, 0.2) is 0 Å². The quantitative estimate of drug-likeness (QED) is 0.349. The molecule has 0 saturated carbocycles. The van der Waals surface area contributed by atoms with Crippen molar-refractivity contribution in [3.05, 3.63) is 0 Å². The molecule has 1 saturated heterocycles. The number of ether oxygens (including phenoxy) is 1. The number of rotatable bonds is 0. The van der Waals surface area contributed by atoms with Crippen LogP contribution >= 0.6 is 12.2 Å². The summed E-state index contributed by atoms with van der Waals surface area (Å²) in [6.07, 6.45) is -0.850. The first-order valence-electron chi connectivity index (χ1n) is 2.11. The molecule has 0 aromatic carbocycles. The van der Waals surface area contributed by atoms with Gasteiger partial charge in [0.05, 0.1) is 0 Å². The summed E-state index contributed by atoms with van der Waals surface area (Å²) >= 11 is 4.44. The molecule has 0 spiro atoms. The highest BCUT2D eigenvalue weighted by Crippen LogP contribution is 2.02. The van der Waals surface area contributed by atoms with Gasteiger partial charge < -0.3 is 9.84 Å². The number of thiocarbonyl (C=S) groups is 1. The van der Waals surface area contributed by atoms with E-state index in [4.69, 9.17) is 5.11 Å². The standard InChI is InChI=1S/C4H4O3S/c5-2-1-7-4(6)3(2)8/h2,5H,1H2. The van der Waals surface area contributed by atoms with Crippen LogP contribution in [0.25, 0.3) is 0 Å². The third-order valence-electron chi connectivity index (χ3n) is 0.876. The molecule has 0 bridgehead atoms. The molecule has 0 aromatic heterocycles. The van der Waals surface area contributed by atoms with Crippen molar-refractivity contribution in [3.63, 3.8) is 0 Å². The minimum atomic E-state index is -0.850. The molecule has 1 aliphatic heterocycles. The van der Waals surface area contributed by atoms with Gasteiger partial charge in [0.2, 0.25) is 0 Å². The van der Waals surface area contributed by atoms with Crippen LogP contribution in [0.1, 0.15) is 0 Å². The van der Waals surface area contributed by atoms with Crippen molar-refractivity contribution in [2.45, 2.75) is 6.10 Å². The predicted octanol–water partition coefficient (Wildman–Crippen LogP) is -0.726. The van der Waals surface area contributed by atoms with Crippen molar-refractivity contribution in [1.82, 2.24) is 0 Å². The maximum absolute atomic E-state index is 10.3. The molecular formula is C4H4O3S. The second-order valence-corrected chi connectivity index (χ2v) is 1.92. The molecule has 0 aliphatic carbocycles. The third kappa shape index (κ3) is 0.719. The van der Waals surface area contributed by atoms with Gasteiger partial charge in [-0.2, -0.15) is 0 Å². The molecule has 0 radical (unpaired) electrons. The van der Waals surface area contributed by atoms with E-state index in [1.54, 1.807) is 0 Å². The van der Waals surface area contributed by atoms with Crippen LogP contribution in [0.2, 0.25) is 0 Å². The predicted molar refractivity (Wildman–Crippen MR) is 29.6 cm³/mol. The number of aliphatic hydroxyl groups excluding tert-OH is 1.